The van der Waals surface area contributed by atoms with Crippen LogP contribution in [-0.4, -0.2) is 29.1 Å². The number of ketones is 1. The van der Waals surface area contributed by atoms with Crippen LogP contribution < -0.4 is 10.6 Å². The maximum absolute atomic E-state index is 12.5. The van der Waals surface area contributed by atoms with E-state index in [-0.39, 0.29) is 23.1 Å². The van der Waals surface area contributed by atoms with Gasteiger partial charge in [-0.15, -0.1) is 0 Å². The van der Waals surface area contributed by atoms with E-state index in [4.69, 9.17) is 0 Å². The predicted molar refractivity (Wildman–Crippen MR) is 112 cm³/mol. The number of hydrogen-bond donors (Lipinski definition) is 2. The van der Waals surface area contributed by atoms with Crippen molar-refractivity contribution in [3.8, 4) is 0 Å². The zero-order valence-corrected chi connectivity index (χ0v) is 16.5. The lowest BCUT2D eigenvalue weighted by molar-refractivity contribution is 0.0947. The van der Waals surface area contributed by atoms with Crippen LogP contribution in [0.3, 0.4) is 0 Å². The number of pyridine rings is 1. The van der Waals surface area contributed by atoms with E-state index in [0.29, 0.717) is 17.8 Å². The van der Waals surface area contributed by atoms with Crippen molar-refractivity contribution in [3.63, 3.8) is 0 Å². The highest BCUT2D eigenvalue weighted by Gasteiger charge is 2.13. The molecule has 1 aromatic carbocycles. The number of aromatic nitrogens is 1. The molecule has 0 atom stereocenters. The number of hydrogen-bond acceptors (Lipinski definition) is 4. The fraction of sp³-hybridized carbons (Fsp3) is 0.304. The zero-order chi connectivity index (χ0) is 20.6. The quantitative estimate of drug-likeness (QED) is 0.548. The first-order valence-electron chi connectivity index (χ1n) is 9.88. The molecule has 0 fully saturated rings. The number of carbonyl (C=O) groups excluding carboxylic acids is 3. The average molecular weight is 391 g/mol. The molecule has 0 spiro atoms. The maximum Gasteiger partial charge on any atom is 0.274 e. The summed E-state index contributed by atoms with van der Waals surface area (Å²) in [5.41, 5.74) is 2.75. The molecule has 0 saturated heterocycles. The number of nitrogens with one attached hydrogen (secondary N) is 2. The van der Waals surface area contributed by atoms with Crippen molar-refractivity contribution < 1.29 is 14.4 Å². The summed E-state index contributed by atoms with van der Waals surface area (Å²) in [6.45, 7) is 2.02. The van der Waals surface area contributed by atoms with E-state index in [1.807, 2.05) is 0 Å². The molecular weight excluding hydrogens is 366 g/mol. The molecule has 2 N–H and O–H groups in total. The number of rotatable bonds is 7. The van der Waals surface area contributed by atoms with Gasteiger partial charge >= 0.3 is 0 Å². The SMILES string of the molecule is CC(=O)c1cccc(NC(=O)c2cccc(C(=O)NCCC3=CCCCC3)n2)c1. The monoisotopic (exact) mass is 391 g/mol. The molecule has 6 nitrogen and oxygen atoms in total. The Kier molecular flexibility index (Phi) is 6.89. The molecule has 0 saturated carbocycles. The van der Waals surface area contributed by atoms with E-state index >= 15 is 0 Å². The second-order valence-electron chi connectivity index (χ2n) is 7.11. The van der Waals surface area contributed by atoms with Gasteiger partial charge in [0.25, 0.3) is 11.8 Å². The molecule has 29 heavy (non-hydrogen) atoms. The molecule has 1 aromatic heterocycles. The van der Waals surface area contributed by atoms with Crippen molar-refractivity contribution in [1.29, 1.82) is 0 Å². The van der Waals surface area contributed by atoms with Crippen LogP contribution >= 0.6 is 0 Å². The summed E-state index contributed by atoms with van der Waals surface area (Å²) in [5, 5.41) is 5.58. The number of benzene rings is 1. The minimum absolute atomic E-state index is 0.0816. The molecule has 0 radical (unpaired) electrons. The van der Waals surface area contributed by atoms with Crippen LogP contribution in [0, 0.1) is 0 Å². The van der Waals surface area contributed by atoms with Gasteiger partial charge in [0.15, 0.2) is 5.78 Å². The lowest BCUT2D eigenvalue weighted by atomic mass is 9.97. The van der Waals surface area contributed by atoms with Crippen LogP contribution in [0.5, 0.6) is 0 Å². The van der Waals surface area contributed by atoms with Crippen molar-refractivity contribution in [2.75, 3.05) is 11.9 Å². The minimum Gasteiger partial charge on any atom is -0.350 e. The van der Waals surface area contributed by atoms with Gasteiger partial charge in [-0.05, 0) is 63.3 Å². The Morgan fingerprint density at radius 2 is 1.76 bits per heavy atom. The summed E-state index contributed by atoms with van der Waals surface area (Å²) >= 11 is 0. The van der Waals surface area contributed by atoms with E-state index < -0.39 is 5.91 Å². The van der Waals surface area contributed by atoms with E-state index in [1.165, 1.54) is 25.3 Å². The van der Waals surface area contributed by atoms with Crippen LogP contribution in [0.15, 0.2) is 54.1 Å². The molecule has 1 aliphatic rings. The molecule has 0 bridgehead atoms. The van der Waals surface area contributed by atoms with Crippen LogP contribution in [0.2, 0.25) is 0 Å². The van der Waals surface area contributed by atoms with Crippen molar-refractivity contribution in [2.24, 2.45) is 0 Å². The number of amides is 2. The largest absolute Gasteiger partial charge is 0.350 e. The molecule has 1 aliphatic carbocycles. The molecule has 0 unspecified atom stereocenters. The molecule has 6 heteroatoms. The summed E-state index contributed by atoms with van der Waals surface area (Å²) in [5.74, 6) is -0.816. The van der Waals surface area contributed by atoms with Crippen LogP contribution in [0.25, 0.3) is 0 Å². The third-order valence-corrected chi connectivity index (χ3v) is 4.86. The first-order chi connectivity index (χ1) is 14.0. The van der Waals surface area contributed by atoms with Gasteiger partial charge in [0.1, 0.15) is 11.4 Å². The summed E-state index contributed by atoms with van der Waals surface area (Å²) < 4.78 is 0. The smallest absolute Gasteiger partial charge is 0.274 e. The third kappa shape index (κ3) is 5.85. The molecular formula is C23H25N3O3. The van der Waals surface area contributed by atoms with E-state index in [1.54, 1.807) is 42.5 Å². The van der Waals surface area contributed by atoms with Gasteiger partial charge in [0.05, 0.1) is 0 Å². The highest BCUT2D eigenvalue weighted by Crippen LogP contribution is 2.19. The van der Waals surface area contributed by atoms with Crippen LogP contribution in [0.4, 0.5) is 5.69 Å². The summed E-state index contributed by atoms with van der Waals surface area (Å²) in [7, 11) is 0. The Morgan fingerprint density at radius 3 is 2.48 bits per heavy atom. The number of anilines is 1. The normalized spacial score (nSPS) is 13.3. The average Bonchev–Trinajstić information content (AvgIpc) is 2.74. The standard InChI is InChI=1S/C23H25N3O3/c1-16(27)18-9-5-10-19(15-18)25-23(29)21-12-6-11-20(26-21)22(28)24-14-13-17-7-3-2-4-8-17/h5-7,9-12,15H,2-4,8,13-14H2,1H3,(H,24,28)(H,25,29). The Balaban J connectivity index is 1.60. The Hall–Kier alpha value is -3.28. The molecule has 2 amide bonds. The fourth-order valence-electron chi connectivity index (χ4n) is 3.26. The molecule has 3 rings (SSSR count). The van der Waals surface area contributed by atoms with Crippen molar-refractivity contribution in [1.82, 2.24) is 10.3 Å². The van der Waals surface area contributed by atoms with Gasteiger partial charge in [-0.2, -0.15) is 0 Å². The zero-order valence-electron chi connectivity index (χ0n) is 16.5. The van der Waals surface area contributed by atoms with Crippen molar-refractivity contribution in [3.05, 3.63) is 71.1 Å². The van der Waals surface area contributed by atoms with Gasteiger partial charge in [0.2, 0.25) is 0 Å². The lowest BCUT2D eigenvalue weighted by Crippen LogP contribution is -2.26. The van der Waals surface area contributed by atoms with Gasteiger partial charge < -0.3 is 10.6 Å². The van der Waals surface area contributed by atoms with Gasteiger partial charge in [-0.25, -0.2) is 4.98 Å². The summed E-state index contributed by atoms with van der Waals surface area (Å²) in [6.07, 6.45) is 7.80. The van der Waals surface area contributed by atoms with Crippen LogP contribution in [0.1, 0.15) is 70.4 Å². The first-order valence-corrected chi connectivity index (χ1v) is 9.88. The fourth-order valence-corrected chi connectivity index (χ4v) is 3.26. The number of Topliss-reactive ketones (excluding diaryl/α,β-unsaturated/α-hetero) is 1. The van der Waals surface area contributed by atoms with Crippen LogP contribution in [-0.2, 0) is 0 Å². The van der Waals surface area contributed by atoms with Crippen molar-refractivity contribution >= 4 is 23.3 Å². The predicted octanol–water partition coefficient (Wildman–Crippen LogP) is 4.16. The van der Waals surface area contributed by atoms with Gasteiger partial charge in [0, 0.05) is 17.8 Å². The maximum atomic E-state index is 12.5. The Bertz CT molecular complexity index is 950. The number of nitrogens with zero attached hydrogens (tertiary/aromatic N) is 1. The van der Waals surface area contributed by atoms with Gasteiger partial charge in [-0.3, -0.25) is 14.4 Å². The third-order valence-electron chi connectivity index (χ3n) is 4.86. The minimum atomic E-state index is -0.437. The first kappa shape index (κ1) is 20.5. The highest BCUT2D eigenvalue weighted by molar-refractivity contribution is 6.04. The summed E-state index contributed by atoms with van der Waals surface area (Å²) in [4.78, 5) is 40.5. The molecule has 2 aromatic rings. The molecule has 1 heterocycles. The van der Waals surface area contributed by atoms with E-state index in [2.05, 4.69) is 21.7 Å². The van der Waals surface area contributed by atoms with E-state index in [0.717, 1.165) is 19.3 Å². The van der Waals surface area contributed by atoms with E-state index in [9.17, 15) is 14.4 Å². The van der Waals surface area contributed by atoms with Crippen molar-refractivity contribution in [2.45, 2.75) is 39.0 Å². The Labute approximate surface area is 170 Å². The summed E-state index contributed by atoms with van der Waals surface area (Å²) in [6, 6.07) is 11.5. The number of carbonyl (C=O) groups is 3. The molecule has 0 aliphatic heterocycles. The second-order valence-corrected chi connectivity index (χ2v) is 7.11. The Morgan fingerprint density at radius 1 is 1.00 bits per heavy atom. The number of allylic oxidation sites excluding steroid dienone is 1. The highest BCUT2D eigenvalue weighted by atomic mass is 16.2. The van der Waals surface area contributed by atoms with Gasteiger partial charge in [-0.1, -0.05) is 29.8 Å². The molecule has 150 valence electrons. The second kappa shape index (κ2) is 9.78. The lowest BCUT2D eigenvalue weighted by Gasteiger charge is -2.13. The topological polar surface area (TPSA) is 88.2 Å².